The van der Waals surface area contributed by atoms with E-state index in [0.29, 0.717) is 15.6 Å². The Morgan fingerprint density at radius 1 is 0.750 bits per heavy atom. The van der Waals surface area contributed by atoms with Crippen LogP contribution in [0, 0.1) is 0 Å². The van der Waals surface area contributed by atoms with Crippen LogP contribution in [-0.2, 0) is 55.1 Å². The van der Waals surface area contributed by atoms with Crippen molar-refractivity contribution in [1.29, 1.82) is 0 Å². The van der Waals surface area contributed by atoms with E-state index in [1.54, 1.807) is 84.9 Å². The van der Waals surface area contributed by atoms with Crippen LogP contribution in [0.2, 0.25) is 0 Å². The van der Waals surface area contributed by atoms with Crippen LogP contribution in [0.5, 0.6) is 0 Å². The molecule has 0 spiro atoms. The smallest absolute Gasteiger partial charge is 0.321 e. The molecule has 0 radical (unpaired) electrons. The lowest BCUT2D eigenvalue weighted by molar-refractivity contribution is -0.150. The number of hydrogen-bond acceptors (Lipinski definition) is 8. The summed E-state index contributed by atoms with van der Waals surface area (Å²) in [6.45, 7) is -1.46. The van der Waals surface area contributed by atoms with Gasteiger partial charge in [0.05, 0.1) is 20.3 Å². The zero-order chi connectivity index (χ0) is 26.2. The van der Waals surface area contributed by atoms with E-state index in [0.717, 1.165) is 7.11 Å². The molecule has 0 aliphatic rings. The van der Waals surface area contributed by atoms with Gasteiger partial charge in [0.15, 0.2) is 0 Å². The topological polar surface area (TPSA) is 113 Å². The predicted octanol–water partition coefficient (Wildman–Crippen LogP) is 3.95. The molecule has 0 aliphatic heterocycles. The lowest BCUT2D eigenvalue weighted by Gasteiger charge is -2.30. The Labute approximate surface area is 219 Å². The lowest BCUT2D eigenvalue weighted by Crippen LogP contribution is -2.46. The summed E-state index contributed by atoms with van der Waals surface area (Å²) in [5.41, 5.74) is -0.657. The Balaban J connectivity index is 1.92. The van der Waals surface area contributed by atoms with Gasteiger partial charge >= 0.3 is 5.97 Å². The molecular formula is C25H25BrO8S2. The van der Waals surface area contributed by atoms with E-state index in [1.807, 2.05) is 0 Å². The maximum Gasteiger partial charge on any atom is 0.321 e. The van der Waals surface area contributed by atoms with Gasteiger partial charge in [-0.3, -0.25) is 13.2 Å². The second-order valence-electron chi connectivity index (χ2n) is 7.98. The molecule has 0 bridgehead atoms. The third-order valence-electron chi connectivity index (χ3n) is 5.30. The van der Waals surface area contributed by atoms with Crippen molar-refractivity contribution >= 4 is 42.1 Å². The summed E-state index contributed by atoms with van der Waals surface area (Å²) in [6.07, 6.45) is 0. The van der Waals surface area contributed by atoms with Crippen molar-refractivity contribution in [3.63, 3.8) is 0 Å². The first-order valence-electron chi connectivity index (χ1n) is 10.7. The summed E-state index contributed by atoms with van der Waals surface area (Å²) in [7, 11) is -7.19. The minimum atomic E-state index is -4.15. The molecule has 0 atom stereocenters. The Morgan fingerprint density at radius 2 is 1.22 bits per heavy atom. The maximum absolute atomic E-state index is 13.1. The average molecular weight is 598 g/mol. The second-order valence-corrected chi connectivity index (χ2v) is 12.2. The van der Waals surface area contributed by atoms with Crippen LogP contribution in [0.1, 0.15) is 16.7 Å². The summed E-state index contributed by atoms with van der Waals surface area (Å²) in [5, 5.41) is 0. The number of carbonyl (C=O) groups is 1. The van der Waals surface area contributed by atoms with Crippen molar-refractivity contribution in [3.8, 4) is 0 Å². The van der Waals surface area contributed by atoms with E-state index in [1.165, 1.54) is 0 Å². The van der Waals surface area contributed by atoms with Crippen LogP contribution in [0.4, 0.5) is 0 Å². The Bertz CT molecular complexity index is 1300. The van der Waals surface area contributed by atoms with Crippen molar-refractivity contribution in [3.05, 3.63) is 106 Å². The number of halogens is 1. The van der Waals surface area contributed by atoms with Crippen LogP contribution in [0.25, 0.3) is 0 Å². The molecule has 192 valence electrons. The standard InChI is InChI=1S/C25H25BrO8S2/c1-32-24(27)25(22-13-8-14-23(26)15-22,18-33-35(28,29)16-20-9-4-2-5-10-20)19-34-36(30,31)17-21-11-6-3-7-12-21/h2-15H,16-19H2,1H3. The largest absolute Gasteiger partial charge is 0.468 e. The van der Waals surface area contributed by atoms with Gasteiger partial charge in [-0.1, -0.05) is 88.7 Å². The molecule has 36 heavy (non-hydrogen) atoms. The Kier molecular flexibility index (Phi) is 9.42. The van der Waals surface area contributed by atoms with Gasteiger partial charge in [0.25, 0.3) is 20.2 Å². The molecule has 0 unspecified atom stereocenters. The molecule has 3 aromatic carbocycles. The highest BCUT2D eigenvalue weighted by Gasteiger charge is 2.45. The fourth-order valence-corrected chi connectivity index (χ4v) is 5.98. The lowest BCUT2D eigenvalue weighted by atomic mass is 9.82. The van der Waals surface area contributed by atoms with E-state index in [-0.39, 0.29) is 5.56 Å². The molecular weight excluding hydrogens is 572 g/mol. The van der Waals surface area contributed by atoms with Crippen LogP contribution < -0.4 is 0 Å². The van der Waals surface area contributed by atoms with Crippen LogP contribution in [0.15, 0.2) is 89.4 Å². The van der Waals surface area contributed by atoms with Crippen molar-refractivity contribution in [1.82, 2.24) is 0 Å². The number of rotatable bonds is 12. The summed E-state index contributed by atoms with van der Waals surface area (Å²) < 4.78 is 67.1. The summed E-state index contributed by atoms with van der Waals surface area (Å²) in [5.74, 6) is -1.78. The minimum absolute atomic E-state index is 0.258. The van der Waals surface area contributed by atoms with Gasteiger partial charge in [0.1, 0.15) is 16.9 Å². The van der Waals surface area contributed by atoms with E-state index in [9.17, 15) is 21.6 Å². The molecule has 0 fully saturated rings. The van der Waals surface area contributed by atoms with Gasteiger partial charge < -0.3 is 4.74 Å². The third kappa shape index (κ3) is 7.71. The monoisotopic (exact) mass is 596 g/mol. The number of esters is 1. The molecule has 0 saturated heterocycles. The highest BCUT2D eigenvalue weighted by Crippen LogP contribution is 2.31. The zero-order valence-electron chi connectivity index (χ0n) is 19.4. The fourth-order valence-electron chi connectivity index (χ4n) is 3.45. The first kappa shape index (κ1) is 28.0. The SMILES string of the molecule is COC(=O)C(COS(=O)(=O)Cc1ccccc1)(COS(=O)(=O)Cc1ccccc1)c1cccc(Br)c1. The highest BCUT2D eigenvalue weighted by molar-refractivity contribution is 9.10. The predicted molar refractivity (Wildman–Crippen MR) is 138 cm³/mol. The maximum atomic E-state index is 13.1. The molecule has 0 heterocycles. The van der Waals surface area contributed by atoms with Gasteiger partial charge in [-0.15, -0.1) is 0 Å². The first-order chi connectivity index (χ1) is 17.1. The second kappa shape index (κ2) is 12.1. The number of benzene rings is 3. The molecule has 11 heteroatoms. The van der Waals surface area contributed by atoms with Crippen LogP contribution in [-0.4, -0.2) is 43.1 Å². The quantitative estimate of drug-likeness (QED) is 0.228. The van der Waals surface area contributed by atoms with Crippen molar-refractivity contribution in [2.75, 3.05) is 20.3 Å². The molecule has 0 N–H and O–H groups in total. The van der Waals surface area contributed by atoms with E-state index in [4.69, 9.17) is 13.1 Å². The normalized spacial score (nSPS) is 12.3. The Hall–Kier alpha value is -2.57. The average Bonchev–Trinajstić information content (AvgIpc) is 2.84. The molecule has 3 aromatic rings. The molecule has 0 aromatic heterocycles. The molecule has 8 nitrogen and oxygen atoms in total. The van der Waals surface area contributed by atoms with Gasteiger partial charge in [-0.25, -0.2) is 0 Å². The van der Waals surface area contributed by atoms with E-state index < -0.39 is 56.3 Å². The number of hydrogen-bond donors (Lipinski definition) is 0. The molecule has 0 saturated carbocycles. The van der Waals surface area contributed by atoms with E-state index >= 15 is 0 Å². The number of ether oxygens (including phenoxy) is 1. The van der Waals surface area contributed by atoms with Crippen molar-refractivity contribution < 1.29 is 34.7 Å². The van der Waals surface area contributed by atoms with Gasteiger partial charge in [0, 0.05) is 4.47 Å². The van der Waals surface area contributed by atoms with Crippen LogP contribution >= 0.6 is 15.9 Å². The highest BCUT2D eigenvalue weighted by atomic mass is 79.9. The Morgan fingerprint density at radius 3 is 1.64 bits per heavy atom. The zero-order valence-corrected chi connectivity index (χ0v) is 22.6. The number of carbonyl (C=O) groups excluding carboxylic acids is 1. The van der Waals surface area contributed by atoms with E-state index in [2.05, 4.69) is 15.9 Å². The first-order valence-corrected chi connectivity index (χ1v) is 14.7. The summed E-state index contributed by atoms with van der Waals surface area (Å²) >= 11 is 3.33. The fraction of sp³-hybridized carbons (Fsp3) is 0.240. The number of methoxy groups -OCH3 is 1. The summed E-state index contributed by atoms with van der Waals surface area (Å²) in [4.78, 5) is 13.1. The van der Waals surface area contributed by atoms with Gasteiger partial charge in [-0.05, 0) is 28.8 Å². The molecule has 0 amide bonds. The van der Waals surface area contributed by atoms with Gasteiger partial charge in [0.2, 0.25) is 0 Å². The molecule has 3 rings (SSSR count). The van der Waals surface area contributed by atoms with Crippen molar-refractivity contribution in [2.45, 2.75) is 16.9 Å². The summed E-state index contributed by atoms with van der Waals surface area (Å²) in [6, 6.07) is 23.2. The van der Waals surface area contributed by atoms with Gasteiger partial charge in [-0.2, -0.15) is 16.8 Å². The van der Waals surface area contributed by atoms with Crippen molar-refractivity contribution in [2.24, 2.45) is 0 Å². The third-order valence-corrected chi connectivity index (χ3v) is 8.12. The molecule has 0 aliphatic carbocycles. The minimum Gasteiger partial charge on any atom is -0.468 e. The van der Waals surface area contributed by atoms with Crippen LogP contribution in [0.3, 0.4) is 0 Å².